The summed E-state index contributed by atoms with van der Waals surface area (Å²) >= 11 is 6.37. The van der Waals surface area contributed by atoms with Crippen molar-refractivity contribution in [1.82, 2.24) is 5.32 Å². The third-order valence-electron chi connectivity index (χ3n) is 4.19. The number of ether oxygens (including phenoxy) is 1. The van der Waals surface area contributed by atoms with Crippen LogP contribution in [0.2, 0.25) is 5.02 Å². The minimum Gasteiger partial charge on any atom is -0.490 e. The Hall–Kier alpha value is -0.730. The number of nitrogens with one attached hydrogen (secondary N) is 1. The Bertz CT molecular complexity index is 451. The Labute approximate surface area is 134 Å². The van der Waals surface area contributed by atoms with E-state index in [2.05, 4.69) is 33.0 Å². The van der Waals surface area contributed by atoms with Crippen LogP contribution >= 0.6 is 11.6 Å². The first-order valence-electron chi connectivity index (χ1n) is 8.13. The molecule has 2 atom stereocenters. The van der Waals surface area contributed by atoms with Crippen molar-refractivity contribution in [2.24, 2.45) is 11.8 Å². The first-order valence-corrected chi connectivity index (χ1v) is 8.51. The third kappa shape index (κ3) is 4.89. The highest BCUT2D eigenvalue weighted by Gasteiger charge is 2.26. The summed E-state index contributed by atoms with van der Waals surface area (Å²) in [5, 5.41) is 4.22. The average molecular weight is 310 g/mol. The van der Waals surface area contributed by atoms with E-state index in [9.17, 15) is 0 Å². The Morgan fingerprint density at radius 3 is 2.48 bits per heavy atom. The monoisotopic (exact) mass is 309 g/mol. The fraction of sp³-hybridized carbons (Fsp3) is 0.667. The Morgan fingerprint density at radius 2 is 1.86 bits per heavy atom. The lowest BCUT2D eigenvalue weighted by molar-refractivity contribution is 0.0999. The predicted molar refractivity (Wildman–Crippen MR) is 90.0 cm³/mol. The summed E-state index contributed by atoms with van der Waals surface area (Å²) in [5.74, 6) is 2.44. The fourth-order valence-corrected chi connectivity index (χ4v) is 3.51. The topological polar surface area (TPSA) is 21.3 Å². The number of benzene rings is 1. The largest absolute Gasteiger partial charge is 0.490 e. The van der Waals surface area contributed by atoms with Crippen molar-refractivity contribution in [2.75, 3.05) is 0 Å². The van der Waals surface area contributed by atoms with Crippen LogP contribution in [-0.2, 0) is 6.54 Å². The van der Waals surface area contributed by atoms with Gasteiger partial charge in [0.05, 0.1) is 6.10 Å². The quantitative estimate of drug-likeness (QED) is 0.822. The molecule has 2 rings (SSSR count). The van der Waals surface area contributed by atoms with E-state index in [-0.39, 0.29) is 0 Å². The highest BCUT2D eigenvalue weighted by atomic mass is 35.5. The Morgan fingerprint density at radius 1 is 1.19 bits per heavy atom. The Kier molecular flexibility index (Phi) is 5.95. The minimum atomic E-state index is 0.319. The van der Waals surface area contributed by atoms with Crippen LogP contribution < -0.4 is 10.1 Å². The molecule has 1 fully saturated rings. The molecular formula is C18H28ClNO. The van der Waals surface area contributed by atoms with E-state index in [1.165, 1.54) is 6.42 Å². The van der Waals surface area contributed by atoms with Crippen LogP contribution in [0.5, 0.6) is 5.75 Å². The molecule has 21 heavy (non-hydrogen) atoms. The summed E-state index contributed by atoms with van der Waals surface area (Å²) in [6, 6.07) is 6.40. The number of hydrogen-bond acceptors (Lipinski definition) is 2. The SMILES string of the molecule is CC1CC(C)CC(Oc2cccc(Cl)c2CNC(C)C)C1. The molecule has 1 aliphatic carbocycles. The summed E-state index contributed by atoms with van der Waals surface area (Å²) in [6.07, 6.45) is 3.93. The van der Waals surface area contributed by atoms with Crippen LogP contribution in [0.1, 0.15) is 52.5 Å². The average Bonchev–Trinajstić information content (AvgIpc) is 2.36. The minimum absolute atomic E-state index is 0.319. The molecule has 0 spiro atoms. The molecule has 0 aliphatic heterocycles. The lowest BCUT2D eigenvalue weighted by atomic mass is 9.82. The van der Waals surface area contributed by atoms with Gasteiger partial charge in [0.15, 0.2) is 0 Å². The molecule has 2 unspecified atom stereocenters. The molecule has 1 N–H and O–H groups in total. The van der Waals surface area contributed by atoms with E-state index in [1.54, 1.807) is 0 Å². The van der Waals surface area contributed by atoms with Gasteiger partial charge in [0.25, 0.3) is 0 Å². The van der Waals surface area contributed by atoms with Crippen LogP contribution in [0.4, 0.5) is 0 Å². The van der Waals surface area contributed by atoms with Crippen molar-refractivity contribution in [1.29, 1.82) is 0 Å². The molecule has 1 aromatic carbocycles. The zero-order valence-electron chi connectivity index (χ0n) is 13.7. The van der Waals surface area contributed by atoms with Gasteiger partial charge in [0.2, 0.25) is 0 Å². The van der Waals surface area contributed by atoms with Crippen molar-refractivity contribution >= 4 is 11.6 Å². The number of rotatable bonds is 5. The van der Waals surface area contributed by atoms with Crippen molar-refractivity contribution < 1.29 is 4.74 Å². The molecule has 0 amide bonds. The molecule has 1 aliphatic rings. The summed E-state index contributed by atoms with van der Waals surface area (Å²) in [4.78, 5) is 0. The van der Waals surface area contributed by atoms with Gasteiger partial charge in [-0.25, -0.2) is 0 Å². The first-order chi connectivity index (χ1) is 9.95. The molecule has 118 valence electrons. The summed E-state index contributed by atoms with van der Waals surface area (Å²) in [5.41, 5.74) is 1.08. The van der Waals surface area contributed by atoms with Gasteiger partial charge in [-0.1, -0.05) is 45.4 Å². The molecule has 2 nitrogen and oxygen atoms in total. The summed E-state index contributed by atoms with van der Waals surface area (Å²) < 4.78 is 6.32. The smallest absolute Gasteiger partial charge is 0.125 e. The molecule has 0 radical (unpaired) electrons. The van der Waals surface area contributed by atoms with Gasteiger partial charge < -0.3 is 10.1 Å². The van der Waals surface area contributed by atoms with Gasteiger partial charge in [0.1, 0.15) is 5.75 Å². The van der Waals surface area contributed by atoms with E-state index < -0.39 is 0 Å². The van der Waals surface area contributed by atoms with E-state index in [0.29, 0.717) is 12.1 Å². The van der Waals surface area contributed by atoms with Crippen molar-refractivity contribution in [3.63, 3.8) is 0 Å². The third-order valence-corrected chi connectivity index (χ3v) is 4.55. The molecule has 0 saturated heterocycles. The van der Waals surface area contributed by atoms with Crippen LogP contribution in [0.25, 0.3) is 0 Å². The predicted octanol–water partition coefficient (Wildman–Crippen LogP) is 5.04. The van der Waals surface area contributed by atoms with E-state index in [0.717, 1.165) is 47.6 Å². The van der Waals surface area contributed by atoms with E-state index >= 15 is 0 Å². The molecule has 1 saturated carbocycles. The first kappa shape index (κ1) is 16.6. The van der Waals surface area contributed by atoms with Gasteiger partial charge in [-0.05, 0) is 43.2 Å². The molecule has 3 heteroatoms. The van der Waals surface area contributed by atoms with Crippen molar-refractivity contribution in [2.45, 2.75) is 65.6 Å². The van der Waals surface area contributed by atoms with E-state index in [4.69, 9.17) is 16.3 Å². The Balaban J connectivity index is 2.09. The van der Waals surface area contributed by atoms with E-state index in [1.807, 2.05) is 18.2 Å². The van der Waals surface area contributed by atoms with Crippen molar-refractivity contribution in [3.05, 3.63) is 28.8 Å². The second kappa shape index (κ2) is 7.51. The van der Waals surface area contributed by atoms with Crippen LogP contribution in [-0.4, -0.2) is 12.1 Å². The maximum absolute atomic E-state index is 6.37. The van der Waals surface area contributed by atoms with Crippen LogP contribution in [0.15, 0.2) is 18.2 Å². The number of halogens is 1. The van der Waals surface area contributed by atoms with Gasteiger partial charge in [-0.3, -0.25) is 0 Å². The van der Waals surface area contributed by atoms with Crippen LogP contribution in [0.3, 0.4) is 0 Å². The van der Waals surface area contributed by atoms with Crippen LogP contribution in [0, 0.1) is 11.8 Å². The molecule has 0 heterocycles. The van der Waals surface area contributed by atoms with Gasteiger partial charge >= 0.3 is 0 Å². The molecule has 0 aromatic heterocycles. The maximum Gasteiger partial charge on any atom is 0.125 e. The second-order valence-corrected chi connectivity index (χ2v) is 7.32. The summed E-state index contributed by atoms with van der Waals surface area (Å²) in [6.45, 7) is 9.69. The van der Waals surface area contributed by atoms with Gasteiger partial charge in [-0.2, -0.15) is 0 Å². The molecule has 1 aromatic rings. The fourth-order valence-electron chi connectivity index (χ4n) is 3.28. The molecule has 0 bridgehead atoms. The lowest BCUT2D eigenvalue weighted by Gasteiger charge is -2.32. The summed E-state index contributed by atoms with van der Waals surface area (Å²) in [7, 11) is 0. The normalized spacial score (nSPS) is 26.1. The highest BCUT2D eigenvalue weighted by Crippen LogP contribution is 2.34. The highest BCUT2D eigenvalue weighted by molar-refractivity contribution is 6.31. The van der Waals surface area contributed by atoms with Crippen molar-refractivity contribution in [3.8, 4) is 5.75 Å². The standard InChI is InChI=1S/C18H28ClNO/c1-12(2)20-11-16-17(19)6-5-7-18(16)21-15-9-13(3)8-14(4)10-15/h5-7,12-15,20H,8-11H2,1-4H3. The number of hydrogen-bond donors (Lipinski definition) is 1. The zero-order valence-corrected chi connectivity index (χ0v) is 14.4. The second-order valence-electron chi connectivity index (χ2n) is 6.91. The van der Waals surface area contributed by atoms with Gasteiger partial charge in [-0.15, -0.1) is 0 Å². The van der Waals surface area contributed by atoms with Gasteiger partial charge in [0, 0.05) is 23.2 Å². The maximum atomic E-state index is 6.37. The molecular weight excluding hydrogens is 282 g/mol. The lowest BCUT2D eigenvalue weighted by Crippen LogP contribution is -2.29. The zero-order chi connectivity index (χ0) is 15.4.